The van der Waals surface area contributed by atoms with Crippen LogP contribution < -0.4 is 10.9 Å². The summed E-state index contributed by atoms with van der Waals surface area (Å²) in [5.74, 6) is 0.905. The molecule has 1 aliphatic carbocycles. The zero-order chi connectivity index (χ0) is 13.9. The summed E-state index contributed by atoms with van der Waals surface area (Å²) in [7, 11) is 0. The lowest BCUT2D eigenvalue weighted by Crippen LogP contribution is -2.23. The van der Waals surface area contributed by atoms with E-state index in [2.05, 4.69) is 10.3 Å². The standard InChI is InChI=1S/C15H16ClN3O/c16-9-11-2-1-3-12(8-11)10-18-14-15(20)19(7-6-17-14)13-4-5-13/h1-3,6-8,13H,4-5,9-10H2,(H,17,18). The highest BCUT2D eigenvalue weighted by molar-refractivity contribution is 6.17. The summed E-state index contributed by atoms with van der Waals surface area (Å²) in [6.07, 6.45) is 5.61. The third-order valence-corrected chi connectivity index (χ3v) is 3.72. The van der Waals surface area contributed by atoms with Crippen LogP contribution in [0, 0.1) is 0 Å². The Balaban J connectivity index is 1.75. The highest BCUT2D eigenvalue weighted by Gasteiger charge is 2.25. The van der Waals surface area contributed by atoms with Gasteiger partial charge < -0.3 is 9.88 Å². The molecule has 1 fully saturated rings. The number of rotatable bonds is 5. The Bertz CT molecular complexity index is 664. The first-order valence-electron chi connectivity index (χ1n) is 6.73. The maximum atomic E-state index is 12.2. The van der Waals surface area contributed by atoms with Crippen LogP contribution in [0.2, 0.25) is 0 Å². The van der Waals surface area contributed by atoms with Gasteiger partial charge in [-0.2, -0.15) is 0 Å². The van der Waals surface area contributed by atoms with E-state index in [1.54, 1.807) is 17.0 Å². The van der Waals surface area contributed by atoms with Gasteiger partial charge in [-0.1, -0.05) is 24.3 Å². The quantitative estimate of drug-likeness (QED) is 0.861. The van der Waals surface area contributed by atoms with Crippen LogP contribution in [0.1, 0.15) is 30.0 Å². The van der Waals surface area contributed by atoms with Crippen molar-refractivity contribution in [3.8, 4) is 0 Å². The monoisotopic (exact) mass is 289 g/mol. The molecule has 0 radical (unpaired) electrons. The van der Waals surface area contributed by atoms with Crippen LogP contribution in [0.4, 0.5) is 5.82 Å². The molecule has 0 spiro atoms. The molecule has 1 N–H and O–H groups in total. The second-order valence-corrected chi connectivity index (χ2v) is 5.29. The van der Waals surface area contributed by atoms with Crippen molar-refractivity contribution in [2.45, 2.75) is 31.3 Å². The summed E-state index contributed by atoms with van der Waals surface area (Å²) in [6.45, 7) is 0.571. The zero-order valence-corrected chi connectivity index (χ0v) is 11.8. The zero-order valence-electron chi connectivity index (χ0n) is 11.1. The van der Waals surface area contributed by atoms with Crippen LogP contribution in [-0.4, -0.2) is 9.55 Å². The third kappa shape index (κ3) is 2.85. The predicted molar refractivity (Wildman–Crippen MR) is 80.1 cm³/mol. The van der Waals surface area contributed by atoms with E-state index in [9.17, 15) is 4.79 Å². The van der Waals surface area contributed by atoms with Gasteiger partial charge in [-0.3, -0.25) is 4.79 Å². The predicted octanol–water partition coefficient (Wildman–Crippen LogP) is 2.93. The number of benzene rings is 1. The highest BCUT2D eigenvalue weighted by Crippen LogP contribution is 2.33. The fourth-order valence-corrected chi connectivity index (χ4v) is 2.36. The van der Waals surface area contributed by atoms with Gasteiger partial charge in [-0.05, 0) is 24.0 Å². The summed E-state index contributed by atoms with van der Waals surface area (Å²) in [5.41, 5.74) is 2.12. The van der Waals surface area contributed by atoms with Crippen molar-refractivity contribution in [3.63, 3.8) is 0 Å². The van der Waals surface area contributed by atoms with Crippen molar-refractivity contribution < 1.29 is 0 Å². The van der Waals surface area contributed by atoms with Gasteiger partial charge in [-0.25, -0.2) is 4.98 Å². The number of alkyl halides is 1. The van der Waals surface area contributed by atoms with Crippen LogP contribution in [0.15, 0.2) is 41.5 Å². The van der Waals surface area contributed by atoms with E-state index in [4.69, 9.17) is 11.6 Å². The first kappa shape index (κ1) is 13.2. The number of hydrogen-bond acceptors (Lipinski definition) is 3. The Morgan fingerprint density at radius 3 is 2.90 bits per heavy atom. The molecule has 1 aromatic carbocycles. The largest absolute Gasteiger partial charge is 0.361 e. The molecule has 0 saturated heterocycles. The number of aromatic nitrogens is 2. The summed E-state index contributed by atoms with van der Waals surface area (Å²) < 4.78 is 1.77. The van der Waals surface area contributed by atoms with E-state index >= 15 is 0 Å². The molecule has 3 rings (SSSR count). The molecule has 104 valence electrons. The van der Waals surface area contributed by atoms with Gasteiger partial charge in [-0.15, -0.1) is 11.6 Å². The normalized spacial score (nSPS) is 14.2. The molecule has 0 unspecified atom stereocenters. The van der Waals surface area contributed by atoms with Gasteiger partial charge in [0.25, 0.3) is 5.56 Å². The maximum absolute atomic E-state index is 12.2. The molecule has 1 aromatic heterocycles. The first-order valence-corrected chi connectivity index (χ1v) is 7.26. The number of nitrogens with zero attached hydrogens (tertiary/aromatic N) is 2. The minimum atomic E-state index is -0.0384. The molecular weight excluding hydrogens is 274 g/mol. The van der Waals surface area contributed by atoms with E-state index in [-0.39, 0.29) is 5.56 Å². The SMILES string of the molecule is O=c1c(NCc2cccc(CCl)c2)nccn1C1CC1. The Hall–Kier alpha value is -1.81. The Labute approximate surface area is 122 Å². The van der Waals surface area contributed by atoms with Crippen LogP contribution >= 0.6 is 11.6 Å². The third-order valence-electron chi connectivity index (χ3n) is 3.41. The van der Waals surface area contributed by atoms with Gasteiger partial charge in [0.2, 0.25) is 0 Å². The van der Waals surface area contributed by atoms with Crippen molar-refractivity contribution in [2.24, 2.45) is 0 Å². The molecule has 4 nitrogen and oxygen atoms in total. The van der Waals surface area contributed by atoms with E-state index in [0.717, 1.165) is 24.0 Å². The summed E-state index contributed by atoms with van der Waals surface area (Å²) >= 11 is 5.82. The van der Waals surface area contributed by atoms with Crippen LogP contribution in [0.3, 0.4) is 0 Å². The topological polar surface area (TPSA) is 46.9 Å². The van der Waals surface area contributed by atoms with Gasteiger partial charge in [0.15, 0.2) is 5.82 Å². The Kier molecular flexibility index (Phi) is 3.74. The van der Waals surface area contributed by atoms with E-state index in [0.29, 0.717) is 24.3 Å². The summed E-state index contributed by atoms with van der Waals surface area (Å²) in [5, 5.41) is 3.12. The second kappa shape index (κ2) is 5.67. The number of nitrogens with one attached hydrogen (secondary N) is 1. The van der Waals surface area contributed by atoms with Gasteiger partial charge in [0.1, 0.15) is 0 Å². The Morgan fingerprint density at radius 2 is 2.15 bits per heavy atom. The minimum absolute atomic E-state index is 0.0384. The fourth-order valence-electron chi connectivity index (χ4n) is 2.19. The van der Waals surface area contributed by atoms with Crippen LogP contribution in [0.5, 0.6) is 0 Å². The summed E-state index contributed by atoms with van der Waals surface area (Å²) in [6, 6.07) is 8.35. The molecule has 1 aliphatic rings. The molecule has 0 aliphatic heterocycles. The lowest BCUT2D eigenvalue weighted by atomic mass is 10.1. The number of hydrogen-bond donors (Lipinski definition) is 1. The molecule has 1 heterocycles. The Morgan fingerprint density at radius 1 is 1.35 bits per heavy atom. The second-order valence-electron chi connectivity index (χ2n) is 5.03. The average molecular weight is 290 g/mol. The fraction of sp³-hybridized carbons (Fsp3) is 0.333. The van der Waals surface area contributed by atoms with Crippen molar-refractivity contribution in [3.05, 3.63) is 58.1 Å². The van der Waals surface area contributed by atoms with E-state index < -0.39 is 0 Å². The molecule has 5 heteroatoms. The van der Waals surface area contributed by atoms with Gasteiger partial charge in [0, 0.05) is 30.9 Å². The average Bonchev–Trinajstić information content (AvgIpc) is 3.31. The molecule has 1 saturated carbocycles. The molecule has 20 heavy (non-hydrogen) atoms. The van der Waals surface area contributed by atoms with Gasteiger partial charge >= 0.3 is 0 Å². The molecule has 2 aromatic rings. The molecule has 0 amide bonds. The minimum Gasteiger partial charge on any atom is -0.361 e. The molecule has 0 atom stereocenters. The first-order chi connectivity index (χ1) is 9.78. The highest BCUT2D eigenvalue weighted by atomic mass is 35.5. The van der Waals surface area contributed by atoms with E-state index in [1.807, 2.05) is 24.3 Å². The summed E-state index contributed by atoms with van der Waals surface area (Å²) in [4.78, 5) is 16.3. The van der Waals surface area contributed by atoms with Crippen LogP contribution in [-0.2, 0) is 12.4 Å². The lowest BCUT2D eigenvalue weighted by molar-refractivity contribution is 0.699. The number of anilines is 1. The van der Waals surface area contributed by atoms with Crippen molar-refractivity contribution in [2.75, 3.05) is 5.32 Å². The van der Waals surface area contributed by atoms with Crippen molar-refractivity contribution >= 4 is 17.4 Å². The molecular formula is C15H16ClN3O. The van der Waals surface area contributed by atoms with Crippen LogP contribution in [0.25, 0.3) is 0 Å². The lowest BCUT2D eigenvalue weighted by Gasteiger charge is -2.08. The molecule has 0 bridgehead atoms. The van der Waals surface area contributed by atoms with E-state index in [1.165, 1.54) is 0 Å². The number of halogens is 1. The maximum Gasteiger partial charge on any atom is 0.293 e. The van der Waals surface area contributed by atoms with Crippen molar-refractivity contribution in [1.29, 1.82) is 0 Å². The smallest absolute Gasteiger partial charge is 0.293 e. The van der Waals surface area contributed by atoms with Gasteiger partial charge in [0.05, 0.1) is 0 Å². The van der Waals surface area contributed by atoms with Crippen molar-refractivity contribution in [1.82, 2.24) is 9.55 Å².